The number of benzene rings is 4. The highest BCUT2D eigenvalue weighted by Crippen LogP contribution is 2.37. The van der Waals surface area contributed by atoms with Gasteiger partial charge in [-0.05, 0) is 54.3 Å². The third-order valence-electron chi connectivity index (χ3n) is 4.77. The van der Waals surface area contributed by atoms with Gasteiger partial charge in [0.05, 0.1) is 23.7 Å². The van der Waals surface area contributed by atoms with Crippen molar-refractivity contribution in [1.29, 1.82) is 0 Å². The first-order valence-corrected chi connectivity index (χ1v) is 10.5. The molecule has 4 rings (SSSR count). The van der Waals surface area contributed by atoms with E-state index in [1.54, 1.807) is 0 Å². The van der Waals surface area contributed by atoms with E-state index in [0.717, 1.165) is 52.1 Å². The molecule has 0 saturated heterocycles. The Kier molecular flexibility index (Phi) is 6.75. The van der Waals surface area contributed by atoms with E-state index in [0.29, 0.717) is 6.61 Å². The molecule has 0 spiro atoms. The molecule has 5 nitrogen and oxygen atoms in total. The van der Waals surface area contributed by atoms with Crippen LogP contribution >= 0.6 is 0 Å². The van der Waals surface area contributed by atoms with Gasteiger partial charge in [0.1, 0.15) is 11.4 Å². The van der Waals surface area contributed by atoms with E-state index in [1.807, 2.05) is 78.9 Å². The fraction of sp³-hybridized carbons (Fsp3) is 0.154. The number of hydrogen-bond donors (Lipinski definition) is 0. The Morgan fingerprint density at radius 1 is 0.613 bits per heavy atom. The van der Waals surface area contributed by atoms with Crippen molar-refractivity contribution in [3.05, 3.63) is 91.0 Å². The number of unbranched alkanes of at least 4 members (excludes halogenated alkanes) is 1. The van der Waals surface area contributed by atoms with Crippen LogP contribution in [0, 0.1) is 0 Å². The molecular weight excluding hydrogens is 384 g/mol. The number of ether oxygens (including phenoxy) is 1. The predicted molar refractivity (Wildman–Crippen MR) is 126 cm³/mol. The van der Waals surface area contributed by atoms with Crippen LogP contribution in [0.1, 0.15) is 19.8 Å². The second-order valence-electron chi connectivity index (χ2n) is 7.09. The molecule has 0 amide bonds. The molecule has 0 fully saturated rings. The number of hydrogen-bond acceptors (Lipinski definition) is 5. The lowest BCUT2D eigenvalue weighted by molar-refractivity contribution is 0.310. The maximum Gasteiger partial charge on any atom is 0.147 e. The first-order chi connectivity index (χ1) is 15.3. The van der Waals surface area contributed by atoms with Gasteiger partial charge in [-0.15, -0.1) is 5.11 Å². The molecule has 4 aromatic carbocycles. The van der Waals surface area contributed by atoms with E-state index >= 15 is 0 Å². The van der Waals surface area contributed by atoms with E-state index < -0.39 is 0 Å². The van der Waals surface area contributed by atoms with Crippen LogP contribution in [0.25, 0.3) is 10.8 Å². The molecule has 0 saturated carbocycles. The van der Waals surface area contributed by atoms with Gasteiger partial charge in [-0.3, -0.25) is 0 Å². The van der Waals surface area contributed by atoms with Gasteiger partial charge >= 0.3 is 0 Å². The Hall–Kier alpha value is -3.86. The van der Waals surface area contributed by atoms with E-state index in [4.69, 9.17) is 4.74 Å². The second-order valence-corrected chi connectivity index (χ2v) is 7.09. The molecule has 0 bridgehead atoms. The van der Waals surface area contributed by atoms with Crippen molar-refractivity contribution >= 4 is 33.5 Å². The molecule has 0 aromatic heterocycles. The summed E-state index contributed by atoms with van der Waals surface area (Å²) >= 11 is 0. The zero-order valence-electron chi connectivity index (χ0n) is 17.5. The lowest BCUT2D eigenvalue weighted by atomic mass is 10.1. The number of rotatable bonds is 8. The minimum absolute atomic E-state index is 0.665. The van der Waals surface area contributed by atoms with Gasteiger partial charge < -0.3 is 4.74 Å². The summed E-state index contributed by atoms with van der Waals surface area (Å²) in [7, 11) is 0. The molecular formula is C26H24N4O. The van der Waals surface area contributed by atoms with Crippen LogP contribution in [0.5, 0.6) is 5.75 Å². The van der Waals surface area contributed by atoms with Crippen molar-refractivity contribution in [2.24, 2.45) is 20.5 Å². The maximum atomic E-state index is 5.99. The quantitative estimate of drug-likeness (QED) is 0.212. The molecule has 0 aliphatic heterocycles. The molecule has 0 aliphatic rings. The fourth-order valence-corrected chi connectivity index (χ4v) is 3.09. The van der Waals surface area contributed by atoms with Gasteiger partial charge in [-0.1, -0.05) is 61.9 Å². The molecule has 0 heterocycles. The molecule has 31 heavy (non-hydrogen) atoms. The summed E-state index contributed by atoms with van der Waals surface area (Å²) in [5, 5.41) is 19.6. The Morgan fingerprint density at radius 2 is 1.23 bits per heavy atom. The largest absolute Gasteiger partial charge is 0.491 e. The zero-order valence-corrected chi connectivity index (χ0v) is 17.5. The van der Waals surface area contributed by atoms with Crippen molar-refractivity contribution in [2.45, 2.75) is 19.8 Å². The molecule has 4 aromatic rings. The second kappa shape index (κ2) is 10.3. The molecule has 154 valence electrons. The summed E-state index contributed by atoms with van der Waals surface area (Å²) in [5.41, 5.74) is 3.07. The zero-order chi connectivity index (χ0) is 21.3. The highest BCUT2D eigenvalue weighted by molar-refractivity contribution is 5.95. The fourth-order valence-electron chi connectivity index (χ4n) is 3.09. The van der Waals surface area contributed by atoms with E-state index in [-0.39, 0.29) is 0 Å². The lowest BCUT2D eigenvalue weighted by Gasteiger charge is -2.10. The van der Waals surface area contributed by atoms with Crippen molar-refractivity contribution in [2.75, 3.05) is 6.61 Å². The van der Waals surface area contributed by atoms with Crippen molar-refractivity contribution in [1.82, 2.24) is 0 Å². The topological polar surface area (TPSA) is 58.7 Å². The van der Waals surface area contributed by atoms with Crippen LogP contribution < -0.4 is 4.74 Å². The maximum absolute atomic E-state index is 5.99. The molecule has 0 atom stereocenters. The number of nitrogens with zero attached hydrogens (tertiary/aromatic N) is 4. The molecule has 0 unspecified atom stereocenters. The summed E-state index contributed by atoms with van der Waals surface area (Å²) in [6.45, 7) is 2.81. The Labute approximate surface area is 182 Å². The SMILES string of the molecule is CCCCOc1ccc2ccccc2c1N=Nc1ccc(N=Nc2ccccc2)cc1. The third kappa shape index (κ3) is 5.39. The van der Waals surface area contributed by atoms with Crippen molar-refractivity contribution < 1.29 is 4.74 Å². The highest BCUT2D eigenvalue weighted by Gasteiger charge is 2.08. The minimum atomic E-state index is 0.665. The minimum Gasteiger partial charge on any atom is -0.491 e. The van der Waals surface area contributed by atoms with Gasteiger partial charge in [0, 0.05) is 5.39 Å². The molecule has 5 heteroatoms. The van der Waals surface area contributed by atoms with E-state index in [2.05, 4.69) is 39.5 Å². The van der Waals surface area contributed by atoms with Gasteiger partial charge in [-0.25, -0.2) is 0 Å². The van der Waals surface area contributed by atoms with Crippen molar-refractivity contribution in [3.63, 3.8) is 0 Å². The van der Waals surface area contributed by atoms with Crippen LogP contribution in [0.4, 0.5) is 22.7 Å². The van der Waals surface area contributed by atoms with Gasteiger partial charge in [0.25, 0.3) is 0 Å². The Morgan fingerprint density at radius 3 is 1.94 bits per heavy atom. The summed E-state index contributed by atoms with van der Waals surface area (Å²) in [5.74, 6) is 0.754. The normalized spacial score (nSPS) is 11.5. The smallest absolute Gasteiger partial charge is 0.147 e. The van der Waals surface area contributed by atoms with Crippen LogP contribution in [-0.2, 0) is 0 Å². The van der Waals surface area contributed by atoms with Crippen LogP contribution in [0.2, 0.25) is 0 Å². The average molecular weight is 409 g/mol. The third-order valence-corrected chi connectivity index (χ3v) is 4.77. The number of azo groups is 2. The Bertz CT molecular complexity index is 1190. The van der Waals surface area contributed by atoms with Crippen molar-refractivity contribution in [3.8, 4) is 5.75 Å². The van der Waals surface area contributed by atoms with E-state index in [1.165, 1.54) is 0 Å². The Balaban J connectivity index is 1.56. The summed E-state index contributed by atoms with van der Waals surface area (Å²) in [6.07, 6.45) is 2.08. The monoisotopic (exact) mass is 408 g/mol. The number of fused-ring (bicyclic) bond motifs is 1. The van der Waals surface area contributed by atoms with Gasteiger partial charge in [0.2, 0.25) is 0 Å². The van der Waals surface area contributed by atoms with Gasteiger partial charge in [0.15, 0.2) is 0 Å². The first kappa shape index (κ1) is 20.4. The van der Waals surface area contributed by atoms with Gasteiger partial charge in [-0.2, -0.15) is 15.3 Å². The summed E-state index contributed by atoms with van der Waals surface area (Å²) in [4.78, 5) is 0. The van der Waals surface area contributed by atoms with Crippen LogP contribution in [0.3, 0.4) is 0 Å². The average Bonchev–Trinajstić information content (AvgIpc) is 2.83. The summed E-state index contributed by atoms with van der Waals surface area (Å²) in [6, 6.07) is 29.3. The van der Waals surface area contributed by atoms with Crippen LogP contribution in [0.15, 0.2) is 111 Å². The molecule has 0 N–H and O–H groups in total. The predicted octanol–water partition coefficient (Wildman–Crippen LogP) is 8.85. The van der Waals surface area contributed by atoms with E-state index in [9.17, 15) is 0 Å². The summed E-state index contributed by atoms with van der Waals surface area (Å²) < 4.78 is 5.99. The lowest BCUT2D eigenvalue weighted by Crippen LogP contribution is -1.96. The first-order valence-electron chi connectivity index (χ1n) is 10.5. The molecule has 0 aliphatic carbocycles. The standard InChI is InChI=1S/C26H24N4O/c1-2-3-19-31-25-18-13-20-9-7-8-12-24(20)26(25)30-29-23-16-14-22(15-17-23)28-27-21-10-5-4-6-11-21/h4-18H,2-3,19H2,1H3. The highest BCUT2D eigenvalue weighted by atomic mass is 16.5. The molecule has 0 radical (unpaired) electrons. The van der Waals surface area contributed by atoms with Crippen LogP contribution in [-0.4, -0.2) is 6.61 Å².